The molecule has 0 aromatic heterocycles. The molecule has 136 valence electrons. The van der Waals surface area contributed by atoms with Gasteiger partial charge < -0.3 is 9.47 Å². The molecule has 2 aromatic rings. The molecule has 0 bridgehead atoms. The van der Waals surface area contributed by atoms with E-state index in [1.807, 2.05) is 38.1 Å². The quantitative estimate of drug-likeness (QED) is 0.777. The highest BCUT2D eigenvalue weighted by Gasteiger charge is 2.21. The molecule has 5 nitrogen and oxygen atoms in total. The van der Waals surface area contributed by atoms with E-state index < -0.39 is 10.0 Å². The maximum Gasteiger partial charge on any atom is 0.241 e. The van der Waals surface area contributed by atoms with Crippen LogP contribution in [0.15, 0.2) is 47.4 Å². The second-order valence-electron chi connectivity index (χ2n) is 5.68. The first-order valence-electron chi connectivity index (χ1n) is 8.28. The topological polar surface area (TPSA) is 64.6 Å². The normalized spacial score (nSPS) is 12.6. The van der Waals surface area contributed by atoms with Crippen LogP contribution in [0.25, 0.3) is 0 Å². The number of hydrogen-bond acceptors (Lipinski definition) is 4. The van der Waals surface area contributed by atoms with Gasteiger partial charge in [-0.2, -0.15) is 0 Å². The molecule has 0 spiro atoms. The van der Waals surface area contributed by atoms with Crippen LogP contribution in [0.3, 0.4) is 0 Å². The van der Waals surface area contributed by atoms with Crippen molar-refractivity contribution in [2.24, 2.45) is 0 Å². The summed E-state index contributed by atoms with van der Waals surface area (Å²) in [5, 5.41) is 0. The van der Waals surface area contributed by atoms with Crippen LogP contribution in [0.2, 0.25) is 0 Å². The van der Waals surface area contributed by atoms with Crippen molar-refractivity contribution < 1.29 is 17.9 Å². The fourth-order valence-electron chi connectivity index (χ4n) is 2.68. The summed E-state index contributed by atoms with van der Waals surface area (Å²) in [6, 6.07) is 12.0. The SMILES string of the molecule is CCc1cc(S(=O)(=O)NC(CC)c2ccc(OC)cc2)ccc1OC. The molecule has 0 aliphatic rings. The van der Waals surface area contributed by atoms with E-state index >= 15 is 0 Å². The summed E-state index contributed by atoms with van der Waals surface area (Å²) in [6.07, 6.45) is 1.34. The molecule has 0 aliphatic carbocycles. The Labute approximate surface area is 150 Å². The lowest BCUT2D eigenvalue weighted by atomic mass is 10.1. The van der Waals surface area contributed by atoms with E-state index in [4.69, 9.17) is 9.47 Å². The molecule has 0 amide bonds. The molecule has 2 aromatic carbocycles. The van der Waals surface area contributed by atoms with Crippen LogP contribution < -0.4 is 14.2 Å². The Kier molecular flexibility index (Phi) is 6.45. The summed E-state index contributed by atoms with van der Waals surface area (Å²) in [7, 11) is -0.448. The average Bonchev–Trinajstić information content (AvgIpc) is 2.65. The van der Waals surface area contributed by atoms with Gasteiger partial charge in [0, 0.05) is 6.04 Å². The molecule has 2 rings (SSSR count). The van der Waals surface area contributed by atoms with Crippen molar-refractivity contribution in [3.8, 4) is 11.5 Å². The summed E-state index contributed by atoms with van der Waals surface area (Å²) < 4.78 is 38.8. The van der Waals surface area contributed by atoms with E-state index in [2.05, 4.69) is 4.72 Å². The van der Waals surface area contributed by atoms with E-state index in [-0.39, 0.29) is 10.9 Å². The fraction of sp³-hybridized carbons (Fsp3) is 0.368. The molecule has 0 fully saturated rings. The Morgan fingerprint density at radius 1 is 1.00 bits per heavy atom. The molecular formula is C19H25NO4S. The van der Waals surface area contributed by atoms with Gasteiger partial charge in [0.05, 0.1) is 19.1 Å². The van der Waals surface area contributed by atoms with Gasteiger partial charge in [-0.15, -0.1) is 0 Å². The maximum atomic E-state index is 12.8. The zero-order chi connectivity index (χ0) is 18.4. The van der Waals surface area contributed by atoms with Crippen LogP contribution in [0.5, 0.6) is 11.5 Å². The third-order valence-electron chi connectivity index (χ3n) is 4.17. The van der Waals surface area contributed by atoms with Crippen molar-refractivity contribution >= 4 is 10.0 Å². The molecule has 1 N–H and O–H groups in total. The number of sulfonamides is 1. The van der Waals surface area contributed by atoms with Gasteiger partial charge in [0.2, 0.25) is 10.0 Å². The van der Waals surface area contributed by atoms with Crippen molar-refractivity contribution in [1.82, 2.24) is 4.72 Å². The molecule has 6 heteroatoms. The number of rotatable bonds is 8. The minimum Gasteiger partial charge on any atom is -0.497 e. The van der Waals surface area contributed by atoms with Gasteiger partial charge in [-0.25, -0.2) is 13.1 Å². The number of benzene rings is 2. The van der Waals surface area contributed by atoms with Crippen molar-refractivity contribution in [1.29, 1.82) is 0 Å². The monoisotopic (exact) mass is 363 g/mol. The number of aryl methyl sites for hydroxylation is 1. The number of nitrogens with one attached hydrogen (secondary N) is 1. The zero-order valence-corrected chi connectivity index (χ0v) is 15.9. The predicted octanol–water partition coefficient (Wildman–Crippen LogP) is 3.70. The van der Waals surface area contributed by atoms with Crippen LogP contribution >= 0.6 is 0 Å². The minimum atomic E-state index is -3.63. The highest BCUT2D eigenvalue weighted by Crippen LogP contribution is 2.26. The molecule has 1 unspecified atom stereocenters. The number of methoxy groups -OCH3 is 2. The average molecular weight is 363 g/mol. The third-order valence-corrected chi connectivity index (χ3v) is 5.64. The van der Waals surface area contributed by atoms with Crippen molar-refractivity contribution in [3.63, 3.8) is 0 Å². The second kappa shape index (κ2) is 8.36. The summed E-state index contributed by atoms with van der Waals surface area (Å²) in [6.45, 7) is 3.91. The Hall–Kier alpha value is -2.05. The van der Waals surface area contributed by atoms with E-state index in [0.717, 1.165) is 16.9 Å². The van der Waals surface area contributed by atoms with Crippen LogP contribution in [0.4, 0.5) is 0 Å². The fourth-order valence-corrected chi connectivity index (χ4v) is 4.04. The molecule has 1 atom stereocenters. The van der Waals surface area contributed by atoms with Crippen molar-refractivity contribution in [3.05, 3.63) is 53.6 Å². The van der Waals surface area contributed by atoms with E-state index in [0.29, 0.717) is 18.6 Å². The van der Waals surface area contributed by atoms with Gasteiger partial charge in [-0.1, -0.05) is 26.0 Å². The predicted molar refractivity (Wildman–Crippen MR) is 98.7 cm³/mol. The van der Waals surface area contributed by atoms with Crippen molar-refractivity contribution in [2.75, 3.05) is 14.2 Å². The smallest absolute Gasteiger partial charge is 0.241 e. The highest BCUT2D eigenvalue weighted by molar-refractivity contribution is 7.89. The zero-order valence-electron chi connectivity index (χ0n) is 15.1. The Bertz CT molecular complexity index is 801. The van der Waals surface area contributed by atoms with Crippen LogP contribution in [-0.2, 0) is 16.4 Å². The Morgan fingerprint density at radius 2 is 1.68 bits per heavy atom. The lowest BCUT2D eigenvalue weighted by Gasteiger charge is -2.18. The molecular weight excluding hydrogens is 338 g/mol. The second-order valence-corrected chi connectivity index (χ2v) is 7.40. The molecule has 0 heterocycles. The van der Waals surface area contributed by atoms with E-state index in [9.17, 15) is 8.42 Å². The van der Waals surface area contributed by atoms with Gasteiger partial charge >= 0.3 is 0 Å². The van der Waals surface area contributed by atoms with Crippen LogP contribution in [0.1, 0.15) is 37.4 Å². The minimum absolute atomic E-state index is 0.247. The standard InChI is InChI=1S/C19H25NO4S/c1-5-14-13-17(11-12-19(14)24-4)25(21,22)20-18(6-2)15-7-9-16(23-3)10-8-15/h7-13,18,20H,5-6H2,1-4H3. The summed E-state index contributed by atoms with van der Waals surface area (Å²) >= 11 is 0. The van der Waals surface area contributed by atoms with E-state index in [1.54, 1.807) is 32.4 Å². The third kappa shape index (κ3) is 4.52. The lowest BCUT2D eigenvalue weighted by molar-refractivity contribution is 0.409. The number of ether oxygens (including phenoxy) is 2. The molecule has 0 radical (unpaired) electrons. The van der Waals surface area contributed by atoms with Gasteiger partial charge in [0.1, 0.15) is 11.5 Å². The molecule has 0 aliphatic heterocycles. The van der Waals surface area contributed by atoms with Gasteiger partial charge in [0.25, 0.3) is 0 Å². The molecule has 25 heavy (non-hydrogen) atoms. The summed E-state index contributed by atoms with van der Waals surface area (Å²) in [5.74, 6) is 1.44. The highest BCUT2D eigenvalue weighted by atomic mass is 32.2. The van der Waals surface area contributed by atoms with Gasteiger partial charge in [-0.05, 0) is 54.3 Å². The van der Waals surface area contributed by atoms with Crippen molar-refractivity contribution in [2.45, 2.75) is 37.6 Å². The van der Waals surface area contributed by atoms with Gasteiger partial charge in [0.15, 0.2) is 0 Å². The van der Waals surface area contributed by atoms with E-state index in [1.165, 1.54) is 0 Å². The van der Waals surface area contributed by atoms with Crippen LogP contribution in [0, 0.1) is 0 Å². The first-order chi connectivity index (χ1) is 11.9. The molecule has 0 saturated carbocycles. The summed E-state index contributed by atoms with van der Waals surface area (Å²) in [5.41, 5.74) is 1.76. The lowest BCUT2D eigenvalue weighted by Crippen LogP contribution is -2.28. The first kappa shape index (κ1) is 19.3. The molecule has 0 saturated heterocycles. The number of hydrogen-bond donors (Lipinski definition) is 1. The Morgan fingerprint density at radius 3 is 2.20 bits per heavy atom. The van der Waals surface area contributed by atoms with Gasteiger partial charge in [-0.3, -0.25) is 0 Å². The Balaban J connectivity index is 2.28. The van der Waals surface area contributed by atoms with Crippen LogP contribution in [-0.4, -0.2) is 22.6 Å². The first-order valence-corrected chi connectivity index (χ1v) is 9.76. The largest absolute Gasteiger partial charge is 0.497 e. The maximum absolute atomic E-state index is 12.8. The summed E-state index contributed by atoms with van der Waals surface area (Å²) in [4.78, 5) is 0.247.